The highest BCUT2D eigenvalue weighted by atomic mass is 16.6. The Hall–Kier alpha value is -2.33. The maximum atomic E-state index is 10.9. The number of nitrogens with zero attached hydrogens (tertiary/aromatic N) is 1. The molecule has 0 aliphatic heterocycles. The van der Waals surface area contributed by atoms with E-state index in [1.165, 1.54) is 32.4 Å². The molecule has 0 aliphatic carbocycles. The number of methoxy groups -OCH3 is 2. The molecule has 0 saturated heterocycles. The van der Waals surface area contributed by atoms with Gasteiger partial charge in [-0.2, -0.15) is 4.99 Å². The number of benzene rings is 1. The molecule has 1 aromatic carbocycles. The Morgan fingerprint density at radius 3 is 2.71 bits per heavy atom. The van der Waals surface area contributed by atoms with Crippen molar-refractivity contribution in [1.82, 2.24) is 0 Å². The minimum absolute atomic E-state index is 0.219. The second kappa shape index (κ2) is 6.30. The lowest BCUT2D eigenvalue weighted by molar-refractivity contribution is -0.142. The molecule has 0 saturated carbocycles. The summed E-state index contributed by atoms with van der Waals surface area (Å²) >= 11 is 0. The number of aliphatic imine (C=N–C) groups is 1. The third kappa shape index (κ3) is 3.62. The van der Waals surface area contributed by atoms with E-state index in [9.17, 15) is 9.59 Å². The molecule has 6 nitrogen and oxygen atoms in total. The number of hydrogen-bond acceptors (Lipinski definition) is 6. The van der Waals surface area contributed by atoms with Crippen LogP contribution in [0.1, 0.15) is 0 Å². The molecule has 90 valence electrons. The fourth-order valence-corrected chi connectivity index (χ4v) is 1.09. The Bertz CT molecular complexity index is 451. The molecule has 17 heavy (non-hydrogen) atoms. The fraction of sp³-hybridized carbons (Fsp3) is 0.273. The maximum absolute atomic E-state index is 10.9. The van der Waals surface area contributed by atoms with Crippen LogP contribution in [0, 0.1) is 0 Å². The van der Waals surface area contributed by atoms with E-state index in [-0.39, 0.29) is 6.61 Å². The predicted molar refractivity (Wildman–Crippen MR) is 58.3 cm³/mol. The average Bonchev–Trinajstić information content (AvgIpc) is 2.36. The standard InChI is InChI=1S/C11H11NO5/c1-15-10-5-8(12-7-13)3-4-9(10)17-6-11(14)16-2/h3-5H,6H2,1-2H3. The van der Waals surface area contributed by atoms with Gasteiger partial charge in [0, 0.05) is 6.07 Å². The van der Waals surface area contributed by atoms with Gasteiger partial charge >= 0.3 is 5.97 Å². The Morgan fingerprint density at radius 2 is 2.12 bits per heavy atom. The number of carbonyl (C=O) groups is 1. The highest BCUT2D eigenvalue weighted by Gasteiger charge is 2.08. The summed E-state index contributed by atoms with van der Waals surface area (Å²) < 4.78 is 14.6. The van der Waals surface area contributed by atoms with Crippen LogP contribution in [0.4, 0.5) is 5.69 Å². The molecule has 1 aromatic rings. The van der Waals surface area contributed by atoms with E-state index in [0.717, 1.165) is 0 Å². The molecule has 0 bridgehead atoms. The van der Waals surface area contributed by atoms with Crippen LogP contribution in [0.15, 0.2) is 23.2 Å². The number of isocyanates is 1. The SMILES string of the molecule is COC(=O)COc1ccc(N=C=O)cc1OC. The van der Waals surface area contributed by atoms with Crippen LogP contribution in [0.2, 0.25) is 0 Å². The number of rotatable bonds is 5. The smallest absolute Gasteiger partial charge is 0.343 e. The predicted octanol–water partition coefficient (Wildman–Crippen LogP) is 1.21. The van der Waals surface area contributed by atoms with E-state index in [1.54, 1.807) is 6.07 Å². The summed E-state index contributed by atoms with van der Waals surface area (Å²) in [6.45, 7) is -0.219. The topological polar surface area (TPSA) is 74.2 Å². The van der Waals surface area contributed by atoms with E-state index >= 15 is 0 Å². The Balaban J connectivity index is 2.85. The van der Waals surface area contributed by atoms with Crippen molar-refractivity contribution >= 4 is 17.7 Å². The molecular weight excluding hydrogens is 226 g/mol. The number of hydrogen-bond donors (Lipinski definition) is 0. The fourth-order valence-electron chi connectivity index (χ4n) is 1.09. The van der Waals surface area contributed by atoms with Gasteiger partial charge in [0.15, 0.2) is 18.1 Å². The molecule has 0 spiro atoms. The van der Waals surface area contributed by atoms with Crippen LogP contribution in [-0.4, -0.2) is 32.9 Å². The van der Waals surface area contributed by atoms with Crippen LogP contribution in [0.25, 0.3) is 0 Å². The molecular formula is C11H11NO5. The number of esters is 1. The summed E-state index contributed by atoms with van der Waals surface area (Å²) in [5, 5.41) is 0. The Kier molecular flexibility index (Phi) is 4.72. The van der Waals surface area contributed by atoms with Crippen molar-refractivity contribution in [3.05, 3.63) is 18.2 Å². The Labute approximate surface area is 97.8 Å². The normalized spacial score (nSPS) is 9.06. The van der Waals surface area contributed by atoms with E-state index in [4.69, 9.17) is 9.47 Å². The van der Waals surface area contributed by atoms with Crippen LogP contribution < -0.4 is 9.47 Å². The molecule has 0 N–H and O–H groups in total. The van der Waals surface area contributed by atoms with Crippen LogP contribution in [0.5, 0.6) is 11.5 Å². The van der Waals surface area contributed by atoms with Crippen molar-refractivity contribution in [1.29, 1.82) is 0 Å². The van der Waals surface area contributed by atoms with Crippen molar-refractivity contribution < 1.29 is 23.8 Å². The van der Waals surface area contributed by atoms with Crippen molar-refractivity contribution in [2.45, 2.75) is 0 Å². The van der Waals surface area contributed by atoms with E-state index < -0.39 is 5.97 Å². The second-order valence-corrected chi connectivity index (χ2v) is 2.90. The molecule has 0 amide bonds. The zero-order chi connectivity index (χ0) is 12.7. The van der Waals surface area contributed by atoms with Crippen LogP contribution in [0.3, 0.4) is 0 Å². The van der Waals surface area contributed by atoms with Gasteiger partial charge in [-0.05, 0) is 12.1 Å². The summed E-state index contributed by atoms with van der Waals surface area (Å²) in [5.41, 5.74) is 0.391. The molecule has 6 heteroatoms. The van der Waals surface area contributed by atoms with E-state index in [2.05, 4.69) is 9.73 Å². The lowest BCUT2D eigenvalue weighted by atomic mass is 10.3. The molecule has 0 fully saturated rings. The first-order chi connectivity index (χ1) is 8.21. The number of ether oxygens (including phenoxy) is 3. The maximum Gasteiger partial charge on any atom is 0.343 e. The quantitative estimate of drug-likeness (QED) is 0.437. The first-order valence-electron chi connectivity index (χ1n) is 4.66. The lowest BCUT2D eigenvalue weighted by Gasteiger charge is -2.09. The van der Waals surface area contributed by atoms with Gasteiger partial charge in [0.05, 0.1) is 19.9 Å². The van der Waals surface area contributed by atoms with Crippen LogP contribution >= 0.6 is 0 Å². The molecule has 0 unspecified atom stereocenters. The summed E-state index contributed by atoms with van der Waals surface area (Å²) in [4.78, 5) is 24.4. The largest absolute Gasteiger partial charge is 0.493 e. The summed E-state index contributed by atoms with van der Waals surface area (Å²) in [5.74, 6) is 0.232. The Morgan fingerprint density at radius 1 is 1.35 bits per heavy atom. The lowest BCUT2D eigenvalue weighted by Crippen LogP contribution is -2.12. The van der Waals surface area contributed by atoms with Gasteiger partial charge in [0.2, 0.25) is 6.08 Å². The molecule has 0 aliphatic rings. The van der Waals surface area contributed by atoms with Crippen molar-refractivity contribution in [3.63, 3.8) is 0 Å². The zero-order valence-corrected chi connectivity index (χ0v) is 9.43. The highest BCUT2D eigenvalue weighted by molar-refractivity contribution is 5.71. The summed E-state index contributed by atoms with van der Waals surface area (Å²) in [6, 6.07) is 4.58. The van der Waals surface area contributed by atoms with Gasteiger partial charge in [0.1, 0.15) is 0 Å². The van der Waals surface area contributed by atoms with Crippen molar-refractivity contribution in [2.75, 3.05) is 20.8 Å². The number of carbonyl (C=O) groups excluding carboxylic acids is 2. The van der Waals surface area contributed by atoms with Gasteiger partial charge in [-0.15, -0.1) is 0 Å². The van der Waals surface area contributed by atoms with Crippen molar-refractivity contribution in [3.8, 4) is 11.5 Å². The monoisotopic (exact) mass is 237 g/mol. The zero-order valence-electron chi connectivity index (χ0n) is 9.43. The highest BCUT2D eigenvalue weighted by Crippen LogP contribution is 2.31. The molecule has 0 heterocycles. The first kappa shape index (κ1) is 12.7. The second-order valence-electron chi connectivity index (χ2n) is 2.90. The first-order valence-corrected chi connectivity index (χ1v) is 4.66. The molecule has 0 atom stereocenters. The van der Waals surface area contributed by atoms with E-state index in [1.807, 2.05) is 0 Å². The van der Waals surface area contributed by atoms with E-state index in [0.29, 0.717) is 17.2 Å². The summed E-state index contributed by atoms with van der Waals surface area (Å²) in [7, 11) is 2.71. The average molecular weight is 237 g/mol. The van der Waals surface area contributed by atoms with Crippen molar-refractivity contribution in [2.24, 2.45) is 4.99 Å². The van der Waals surface area contributed by atoms with Crippen LogP contribution in [-0.2, 0) is 14.3 Å². The third-order valence-corrected chi connectivity index (χ3v) is 1.90. The van der Waals surface area contributed by atoms with Gasteiger partial charge in [-0.1, -0.05) is 0 Å². The van der Waals surface area contributed by atoms with Gasteiger partial charge in [0.25, 0.3) is 0 Å². The van der Waals surface area contributed by atoms with Gasteiger partial charge < -0.3 is 14.2 Å². The summed E-state index contributed by atoms with van der Waals surface area (Å²) in [6.07, 6.45) is 1.42. The molecule has 1 rings (SSSR count). The minimum Gasteiger partial charge on any atom is -0.493 e. The minimum atomic E-state index is -0.498. The molecule has 0 aromatic heterocycles. The van der Waals surface area contributed by atoms with Gasteiger partial charge in [-0.3, -0.25) is 0 Å². The van der Waals surface area contributed by atoms with Gasteiger partial charge in [-0.25, -0.2) is 9.59 Å². The third-order valence-electron chi connectivity index (χ3n) is 1.90. The molecule has 0 radical (unpaired) electrons.